The van der Waals surface area contributed by atoms with E-state index in [9.17, 15) is 0 Å². The average Bonchev–Trinajstić information content (AvgIpc) is 2.62. The first kappa shape index (κ1) is 15.6. The summed E-state index contributed by atoms with van der Waals surface area (Å²) in [4.78, 5) is 4.88. The highest BCUT2D eigenvalue weighted by Crippen LogP contribution is 2.26. The molecule has 0 atom stereocenters. The van der Waals surface area contributed by atoms with E-state index in [0.29, 0.717) is 6.04 Å². The molecule has 0 aromatic heterocycles. The van der Waals surface area contributed by atoms with Gasteiger partial charge < -0.3 is 15.1 Å². The standard InChI is InChI=1S/C16H26ClN3/c1-13(2)18-12-14-5-6-15(17)11-16(14)20-8-4-7-19(3)9-10-20/h5-6,11,13,18H,4,7-10,12H2,1-3H3. The van der Waals surface area contributed by atoms with Crippen LogP contribution in [0.1, 0.15) is 25.8 Å². The number of halogens is 1. The van der Waals surface area contributed by atoms with Crippen molar-refractivity contribution in [3.05, 3.63) is 28.8 Å². The van der Waals surface area contributed by atoms with Gasteiger partial charge in [-0.25, -0.2) is 0 Å². The summed E-state index contributed by atoms with van der Waals surface area (Å²) in [7, 11) is 2.20. The summed E-state index contributed by atoms with van der Waals surface area (Å²) in [5.41, 5.74) is 2.63. The Bertz CT molecular complexity index is 434. The Hall–Kier alpha value is -0.770. The van der Waals surface area contributed by atoms with E-state index in [1.807, 2.05) is 6.07 Å². The van der Waals surface area contributed by atoms with Crippen molar-refractivity contribution in [2.24, 2.45) is 0 Å². The minimum Gasteiger partial charge on any atom is -0.370 e. The van der Waals surface area contributed by atoms with Gasteiger partial charge in [-0.15, -0.1) is 0 Å². The van der Waals surface area contributed by atoms with Crippen LogP contribution in [0.15, 0.2) is 18.2 Å². The smallest absolute Gasteiger partial charge is 0.0427 e. The van der Waals surface area contributed by atoms with Crippen LogP contribution in [0.4, 0.5) is 5.69 Å². The molecule has 0 aliphatic carbocycles. The summed E-state index contributed by atoms with van der Waals surface area (Å²) in [6.07, 6.45) is 1.21. The second-order valence-electron chi connectivity index (χ2n) is 5.95. The number of nitrogens with zero attached hydrogens (tertiary/aromatic N) is 2. The number of anilines is 1. The van der Waals surface area contributed by atoms with Gasteiger partial charge in [-0.1, -0.05) is 31.5 Å². The summed E-state index contributed by atoms with van der Waals surface area (Å²) in [5.74, 6) is 0. The Morgan fingerprint density at radius 1 is 1.20 bits per heavy atom. The van der Waals surface area contributed by atoms with Crippen LogP contribution in [0, 0.1) is 0 Å². The van der Waals surface area contributed by atoms with E-state index in [-0.39, 0.29) is 0 Å². The van der Waals surface area contributed by atoms with Crippen LogP contribution in [0.5, 0.6) is 0 Å². The molecule has 0 unspecified atom stereocenters. The summed E-state index contributed by atoms with van der Waals surface area (Å²) in [6.45, 7) is 9.73. The Morgan fingerprint density at radius 2 is 2.00 bits per heavy atom. The number of hydrogen-bond donors (Lipinski definition) is 1. The number of hydrogen-bond acceptors (Lipinski definition) is 3. The van der Waals surface area contributed by atoms with E-state index in [1.165, 1.54) is 24.2 Å². The molecule has 0 amide bonds. The maximum Gasteiger partial charge on any atom is 0.0427 e. The van der Waals surface area contributed by atoms with Gasteiger partial charge in [-0.3, -0.25) is 0 Å². The first-order valence-electron chi connectivity index (χ1n) is 7.51. The summed E-state index contributed by atoms with van der Waals surface area (Å²) < 4.78 is 0. The monoisotopic (exact) mass is 295 g/mol. The SMILES string of the molecule is CC(C)NCc1ccc(Cl)cc1N1CCCN(C)CC1. The van der Waals surface area contributed by atoms with Gasteiger partial charge in [0.2, 0.25) is 0 Å². The molecule has 1 aromatic rings. The zero-order valence-corrected chi connectivity index (χ0v) is 13.6. The van der Waals surface area contributed by atoms with Crippen molar-refractivity contribution in [3.8, 4) is 0 Å². The number of rotatable bonds is 4. The van der Waals surface area contributed by atoms with E-state index in [2.05, 4.69) is 48.1 Å². The van der Waals surface area contributed by atoms with E-state index >= 15 is 0 Å². The van der Waals surface area contributed by atoms with Gasteiger partial charge in [0.05, 0.1) is 0 Å². The van der Waals surface area contributed by atoms with E-state index in [4.69, 9.17) is 11.6 Å². The fourth-order valence-corrected chi connectivity index (χ4v) is 2.75. The van der Waals surface area contributed by atoms with Crippen LogP contribution in [0.25, 0.3) is 0 Å². The lowest BCUT2D eigenvalue weighted by Crippen LogP contribution is -2.30. The van der Waals surface area contributed by atoms with Crippen LogP contribution in [0.2, 0.25) is 5.02 Å². The summed E-state index contributed by atoms with van der Waals surface area (Å²) in [5, 5.41) is 4.33. The van der Waals surface area contributed by atoms with E-state index < -0.39 is 0 Å². The fraction of sp³-hybridized carbons (Fsp3) is 0.625. The Morgan fingerprint density at radius 3 is 2.75 bits per heavy atom. The lowest BCUT2D eigenvalue weighted by Gasteiger charge is -2.26. The molecule has 112 valence electrons. The van der Waals surface area contributed by atoms with Crippen molar-refractivity contribution >= 4 is 17.3 Å². The number of nitrogens with one attached hydrogen (secondary N) is 1. The third kappa shape index (κ3) is 4.37. The zero-order chi connectivity index (χ0) is 14.5. The maximum atomic E-state index is 6.21. The quantitative estimate of drug-likeness (QED) is 0.921. The molecule has 0 radical (unpaired) electrons. The highest BCUT2D eigenvalue weighted by molar-refractivity contribution is 6.30. The van der Waals surface area contributed by atoms with Crippen LogP contribution in [0.3, 0.4) is 0 Å². The van der Waals surface area contributed by atoms with Crippen LogP contribution >= 0.6 is 11.6 Å². The molecule has 0 bridgehead atoms. The lowest BCUT2D eigenvalue weighted by molar-refractivity contribution is 0.360. The highest BCUT2D eigenvalue weighted by Gasteiger charge is 2.16. The molecule has 1 heterocycles. The normalized spacial score (nSPS) is 17.6. The van der Waals surface area contributed by atoms with Gasteiger partial charge >= 0.3 is 0 Å². The first-order chi connectivity index (χ1) is 9.56. The zero-order valence-electron chi connectivity index (χ0n) is 12.8. The predicted octanol–water partition coefficient (Wildman–Crippen LogP) is 2.98. The Kier molecular flexibility index (Phi) is 5.70. The van der Waals surface area contributed by atoms with Crippen LogP contribution in [-0.4, -0.2) is 44.2 Å². The highest BCUT2D eigenvalue weighted by atomic mass is 35.5. The van der Waals surface area contributed by atoms with E-state index in [1.54, 1.807) is 0 Å². The largest absolute Gasteiger partial charge is 0.370 e. The molecule has 4 heteroatoms. The molecule has 1 saturated heterocycles. The molecule has 3 nitrogen and oxygen atoms in total. The summed E-state index contributed by atoms with van der Waals surface area (Å²) in [6, 6.07) is 6.76. The molecular weight excluding hydrogens is 270 g/mol. The minimum atomic E-state index is 0.494. The van der Waals surface area contributed by atoms with Crippen LogP contribution < -0.4 is 10.2 Å². The van der Waals surface area contributed by atoms with Gasteiger partial charge in [0.15, 0.2) is 0 Å². The second-order valence-corrected chi connectivity index (χ2v) is 6.39. The third-order valence-corrected chi connectivity index (χ3v) is 4.04. The summed E-state index contributed by atoms with van der Waals surface area (Å²) >= 11 is 6.21. The van der Waals surface area contributed by atoms with Crippen molar-refractivity contribution in [1.82, 2.24) is 10.2 Å². The molecule has 1 N–H and O–H groups in total. The minimum absolute atomic E-state index is 0.494. The maximum absolute atomic E-state index is 6.21. The molecule has 1 fully saturated rings. The van der Waals surface area contributed by atoms with Gasteiger partial charge in [0.25, 0.3) is 0 Å². The van der Waals surface area contributed by atoms with Crippen molar-refractivity contribution in [2.45, 2.75) is 32.9 Å². The number of likely N-dealkylation sites (N-methyl/N-ethyl adjacent to an activating group) is 1. The molecule has 0 spiro atoms. The lowest BCUT2D eigenvalue weighted by atomic mass is 10.1. The molecule has 0 saturated carbocycles. The van der Waals surface area contributed by atoms with Gasteiger partial charge in [0.1, 0.15) is 0 Å². The molecule has 1 aromatic carbocycles. The average molecular weight is 296 g/mol. The first-order valence-corrected chi connectivity index (χ1v) is 7.89. The number of benzene rings is 1. The Labute approximate surface area is 127 Å². The topological polar surface area (TPSA) is 18.5 Å². The molecule has 1 aliphatic heterocycles. The van der Waals surface area contributed by atoms with Crippen molar-refractivity contribution < 1.29 is 0 Å². The molecule has 20 heavy (non-hydrogen) atoms. The third-order valence-electron chi connectivity index (χ3n) is 3.81. The molecular formula is C16H26ClN3. The van der Waals surface area contributed by atoms with Gasteiger partial charge in [0, 0.05) is 42.9 Å². The van der Waals surface area contributed by atoms with Crippen molar-refractivity contribution in [1.29, 1.82) is 0 Å². The van der Waals surface area contributed by atoms with Gasteiger partial charge in [-0.2, -0.15) is 0 Å². The predicted molar refractivity (Wildman–Crippen MR) is 87.8 cm³/mol. The molecule has 1 aliphatic rings. The van der Waals surface area contributed by atoms with Crippen molar-refractivity contribution in [3.63, 3.8) is 0 Å². The van der Waals surface area contributed by atoms with Crippen molar-refractivity contribution in [2.75, 3.05) is 38.1 Å². The fourth-order valence-electron chi connectivity index (χ4n) is 2.58. The molecule has 2 rings (SSSR count). The van der Waals surface area contributed by atoms with Crippen LogP contribution in [-0.2, 0) is 6.54 Å². The Balaban J connectivity index is 2.17. The second kappa shape index (κ2) is 7.30. The van der Waals surface area contributed by atoms with Gasteiger partial charge in [-0.05, 0) is 37.7 Å². The van der Waals surface area contributed by atoms with E-state index in [0.717, 1.165) is 31.2 Å².